The topological polar surface area (TPSA) is 55.1 Å². The Morgan fingerprint density at radius 1 is 1.47 bits per heavy atom. The molecule has 0 saturated carbocycles. The highest BCUT2D eigenvalue weighted by atomic mass is 19.1. The lowest BCUT2D eigenvalue weighted by molar-refractivity contribution is 0.0912. The Hall–Kier alpha value is -2.17. The summed E-state index contributed by atoms with van der Waals surface area (Å²) in [6.45, 7) is 1.83. The summed E-state index contributed by atoms with van der Waals surface area (Å²) in [7, 11) is 0. The molecule has 1 aromatic heterocycles. The normalized spacial score (nSPS) is 10.2. The second kappa shape index (κ2) is 4.78. The first-order valence-electron chi connectivity index (χ1n) is 5.11. The maximum atomic E-state index is 13.3. The molecule has 17 heavy (non-hydrogen) atoms. The van der Waals surface area contributed by atoms with Crippen LogP contribution in [0.1, 0.15) is 21.7 Å². The van der Waals surface area contributed by atoms with Crippen molar-refractivity contribution in [2.24, 2.45) is 0 Å². The highest BCUT2D eigenvalue weighted by Gasteiger charge is 2.13. The number of carbonyl (C=O) groups excluding carboxylic acids is 1. The molecule has 0 aliphatic carbocycles. The summed E-state index contributed by atoms with van der Waals surface area (Å²) in [6, 6.07) is 6.27. The first kappa shape index (κ1) is 11.3. The van der Waals surface area contributed by atoms with E-state index in [2.05, 4.69) is 10.5 Å². The van der Waals surface area contributed by atoms with Gasteiger partial charge < -0.3 is 9.84 Å². The van der Waals surface area contributed by atoms with E-state index in [1.165, 1.54) is 12.3 Å². The van der Waals surface area contributed by atoms with Gasteiger partial charge in [-0.2, -0.15) is 0 Å². The maximum Gasteiger partial charge on any atom is 0.290 e. The van der Waals surface area contributed by atoms with Gasteiger partial charge in [0.25, 0.3) is 5.91 Å². The van der Waals surface area contributed by atoms with Crippen LogP contribution in [0.15, 0.2) is 35.0 Å². The van der Waals surface area contributed by atoms with Crippen molar-refractivity contribution >= 4 is 5.91 Å². The van der Waals surface area contributed by atoms with Crippen LogP contribution in [0.3, 0.4) is 0 Å². The van der Waals surface area contributed by atoms with Gasteiger partial charge in [-0.1, -0.05) is 23.4 Å². The largest absolute Gasteiger partial charge is 0.351 e. The number of aromatic nitrogens is 1. The molecule has 0 aliphatic rings. The summed E-state index contributed by atoms with van der Waals surface area (Å²) in [4.78, 5) is 11.6. The molecule has 0 saturated heterocycles. The lowest BCUT2D eigenvalue weighted by Gasteiger charge is -2.04. The Labute approximate surface area is 97.4 Å². The molecular weight excluding hydrogens is 223 g/mol. The van der Waals surface area contributed by atoms with Gasteiger partial charge in [-0.05, 0) is 13.0 Å². The van der Waals surface area contributed by atoms with Crippen LogP contribution in [-0.2, 0) is 6.54 Å². The number of hydrogen-bond donors (Lipinski definition) is 1. The molecule has 1 amide bonds. The molecule has 2 aromatic rings. The molecule has 0 fully saturated rings. The molecule has 5 heteroatoms. The zero-order chi connectivity index (χ0) is 12.3. The molecule has 4 nitrogen and oxygen atoms in total. The highest BCUT2D eigenvalue weighted by molar-refractivity contribution is 5.92. The van der Waals surface area contributed by atoms with Crippen LogP contribution >= 0.6 is 0 Å². The van der Waals surface area contributed by atoms with Crippen molar-refractivity contribution in [1.82, 2.24) is 10.5 Å². The van der Waals surface area contributed by atoms with E-state index >= 15 is 0 Å². The van der Waals surface area contributed by atoms with Crippen molar-refractivity contribution in [3.63, 3.8) is 0 Å². The molecule has 1 N–H and O–H groups in total. The number of halogens is 1. The lowest BCUT2D eigenvalue weighted by Crippen LogP contribution is -2.23. The predicted molar refractivity (Wildman–Crippen MR) is 58.8 cm³/mol. The second-order valence-corrected chi connectivity index (χ2v) is 3.61. The fraction of sp³-hybridized carbons (Fsp3) is 0.167. The minimum atomic E-state index is -0.400. The van der Waals surface area contributed by atoms with Gasteiger partial charge in [0, 0.05) is 17.7 Å². The second-order valence-electron chi connectivity index (χ2n) is 3.61. The monoisotopic (exact) mass is 234 g/mol. The number of aryl methyl sites for hydroxylation is 1. The number of nitrogens with one attached hydrogen (secondary N) is 1. The molecule has 0 bridgehead atoms. The molecule has 0 aliphatic heterocycles. The third kappa shape index (κ3) is 2.50. The maximum absolute atomic E-state index is 13.3. The standard InChI is InChI=1S/C12H11FN2O2/c1-8-6-15-17-11(8)12(16)14-7-9-4-2-3-5-10(9)13/h2-6H,7H2,1H3,(H,14,16). The average Bonchev–Trinajstić information content (AvgIpc) is 2.74. The van der Waals surface area contributed by atoms with E-state index in [0.29, 0.717) is 11.1 Å². The third-order valence-corrected chi connectivity index (χ3v) is 2.35. The molecule has 88 valence electrons. The van der Waals surface area contributed by atoms with Gasteiger partial charge in [0.1, 0.15) is 5.82 Å². The van der Waals surface area contributed by atoms with E-state index in [1.807, 2.05) is 0 Å². The van der Waals surface area contributed by atoms with Crippen LogP contribution < -0.4 is 5.32 Å². The van der Waals surface area contributed by atoms with Gasteiger partial charge in [-0.3, -0.25) is 4.79 Å². The first-order chi connectivity index (χ1) is 8.18. The van der Waals surface area contributed by atoms with Gasteiger partial charge in [-0.15, -0.1) is 0 Å². The SMILES string of the molecule is Cc1cnoc1C(=O)NCc1ccccc1F. The van der Waals surface area contributed by atoms with Crippen LogP contribution in [0.4, 0.5) is 4.39 Å². The van der Waals surface area contributed by atoms with Gasteiger partial charge >= 0.3 is 0 Å². The van der Waals surface area contributed by atoms with Crippen LogP contribution in [0.2, 0.25) is 0 Å². The van der Waals surface area contributed by atoms with Gasteiger partial charge in [0.15, 0.2) is 0 Å². The van der Waals surface area contributed by atoms with Crippen molar-refractivity contribution in [3.05, 3.63) is 53.2 Å². The van der Waals surface area contributed by atoms with E-state index in [1.54, 1.807) is 25.1 Å². The van der Waals surface area contributed by atoms with E-state index in [9.17, 15) is 9.18 Å². The summed E-state index contributed by atoms with van der Waals surface area (Å²) in [5, 5.41) is 6.08. The molecule has 0 radical (unpaired) electrons. The predicted octanol–water partition coefficient (Wildman–Crippen LogP) is 2.05. The first-order valence-corrected chi connectivity index (χ1v) is 5.11. The Bertz CT molecular complexity index is 537. The smallest absolute Gasteiger partial charge is 0.290 e. The number of benzene rings is 1. The average molecular weight is 234 g/mol. The molecule has 0 atom stereocenters. The highest BCUT2D eigenvalue weighted by Crippen LogP contribution is 2.08. The number of hydrogen-bond acceptors (Lipinski definition) is 3. The van der Waals surface area contributed by atoms with Crippen LogP contribution in [0.5, 0.6) is 0 Å². The molecule has 1 heterocycles. The van der Waals surface area contributed by atoms with E-state index in [0.717, 1.165) is 0 Å². The summed E-state index contributed by atoms with van der Waals surface area (Å²) < 4.78 is 18.1. The molecule has 0 unspecified atom stereocenters. The number of amides is 1. The fourth-order valence-corrected chi connectivity index (χ4v) is 1.41. The zero-order valence-corrected chi connectivity index (χ0v) is 9.24. The van der Waals surface area contributed by atoms with Gasteiger partial charge in [0.2, 0.25) is 5.76 Å². The minimum Gasteiger partial charge on any atom is -0.351 e. The molecular formula is C12H11FN2O2. The summed E-state index contributed by atoms with van der Waals surface area (Å²) >= 11 is 0. The Morgan fingerprint density at radius 3 is 2.88 bits per heavy atom. The Balaban J connectivity index is 2.02. The number of rotatable bonds is 3. The van der Waals surface area contributed by atoms with Crippen molar-refractivity contribution in [3.8, 4) is 0 Å². The van der Waals surface area contributed by atoms with Gasteiger partial charge in [0.05, 0.1) is 6.20 Å². The van der Waals surface area contributed by atoms with Crippen molar-refractivity contribution in [1.29, 1.82) is 0 Å². The van der Waals surface area contributed by atoms with Crippen LogP contribution in [0, 0.1) is 12.7 Å². The summed E-state index contributed by atoms with van der Waals surface area (Å²) in [5.74, 6) is -0.591. The van der Waals surface area contributed by atoms with E-state index < -0.39 is 5.91 Å². The zero-order valence-electron chi connectivity index (χ0n) is 9.24. The van der Waals surface area contributed by atoms with Crippen molar-refractivity contribution in [2.75, 3.05) is 0 Å². The van der Waals surface area contributed by atoms with Gasteiger partial charge in [-0.25, -0.2) is 4.39 Å². The summed E-state index contributed by atoms with van der Waals surface area (Å²) in [5.41, 5.74) is 1.08. The molecule has 0 spiro atoms. The quantitative estimate of drug-likeness (QED) is 0.884. The third-order valence-electron chi connectivity index (χ3n) is 2.35. The lowest BCUT2D eigenvalue weighted by atomic mass is 10.2. The molecule has 1 aromatic carbocycles. The van der Waals surface area contributed by atoms with E-state index in [4.69, 9.17) is 4.52 Å². The number of nitrogens with zero attached hydrogens (tertiary/aromatic N) is 1. The van der Waals surface area contributed by atoms with Crippen molar-refractivity contribution in [2.45, 2.75) is 13.5 Å². The van der Waals surface area contributed by atoms with Crippen LogP contribution in [0.25, 0.3) is 0 Å². The van der Waals surface area contributed by atoms with E-state index in [-0.39, 0.29) is 18.1 Å². The van der Waals surface area contributed by atoms with Crippen molar-refractivity contribution < 1.29 is 13.7 Å². The molecule has 2 rings (SSSR count). The van der Waals surface area contributed by atoms with Crippen LogP contribution in [-0.4, -0.2) is 11.1 Å². The minimum absolute atomic E-state index is 0.117. The number of carbonyl (C=O) groups is 1. The fourth-order valence-electron chi connectivity index (χ4n) is 1.41. The Morgan fingerprint density at radius 2 is 2.24 bits per heavy atom. The Kier molecular flexibility index (Phi) is 3.18. The summed E-state index contributed by atoms with van der Waals surface area (Å²) in [6.07, 6.45) is 1.46.